The monoisotopic (exact) mass is 366 g/mol. The summed E-state index contributed by atoms with van der Waals surface area (Å²) in [5.74, 6) is 0.105. The Morgan fingerprint density at radius 3 is 2.52 bits per heavy atom. The molecule has 6 nitrogen and oxygen atoms in total. The topological polar surface area (TPSA) is 66.9 Å². The number of ether oxygens (including phenoxy) is 1. The van der Waals surface area contributed by atoms with Crippen molar-refractivity contribution in [2.75, 3.05) is 39.1 Å². The van der Waals surface area contributed by atoms with Crippen molar-refractivity contribution in [1.29, 1.82) is 0 Å². The minimum atomic E-state index is -3.28. The number of carbonyl (C=O) groups excluding carboxylic acids is 1. The molecule has 0 unspecified atom stereocenters. The first-order valence-electron chi connectivity index (χ1n) is 8.83. The Bertz CT molecular complexity index is 712. The third-order valence-electron chi connectivity index (χ3n) is 5.18. The Kier molecular flexibility index (Phi) is 5.76. The molecule has 1 fully saturated rings. The summed E-state index contributed by atoms with van der Waals surface area (Å²) in [5.41, 5.74) is 2.55. The predicted octanol–water partition coefficient (Wildman–Crippen LogP) is 1.26. The van der Waals surface area contributed by atoms with Gasteiger partial charge in [0.15, 0.2) is 0 Å². The molecular formula is C18H26N2O4S. The third kappa shape index (κ3) is 4.22. The van der Waals surface area contributed by atoms with Crippen LogP contribution in [0.3, 0.4) is 0 Å². The summed E-state index contributed by atoms with van der Waals surface area (Å²) in [6, 6.07) is 8.26. The second kappa shape index (κ2) is 7.85. The van der Waals surface area contributed by atoms with Crippen LogP contribution in [0.2, 0.25) is 0 Å². The predicted molar refractivity (Wildman–Crippen MR) is 95.5 cm³/mol. The molecule has 0 bridgehead atoms. The summed E-state index contributed by atoms with van der Waals surface area (Å²) in [5, 5.41) is 0. The van der Waals surface area contributed by atoms with Gasteiger partial charge >= 0.3 is 0 Å². The average Bonchev–Trinajstić information content (AvgIpc) is 2.65. The number of fused-ring (bicyclic) bond motifs is 1. The summed E-state index contributed by atoms with van der Waals surface area (Å²) >= 11 is 0. The number of carbonyl (C=O) groups is 1. The normalized spacial score (nSPS) is 19.6. The van der Waals surface area contributed by atoms with Gasteiger partial charge in [0.1, 0.15) is 0 Å². The molecule has 0 atom stereocenters. The van der Waals surface area contributed by atoms with Crippen molar-refractivity contribution < 1.29 is 17.9 Å². The van der Waals surface area contributed by atoms with Crippen LogP contribution in [0.4, 0.5) is 0 Å². The van der Waals surface area contributed by atoms with Gasteiger partial charge in [-0.3, -0.25) is 4.79 Å². The van der Waals surface area contributed by atoms with Crippen LogP contribution >= 0.6 is 0 Å². The zero-order valence-electron chi connectivity index (χ0n) is 14.7. The van der Waals surface area contributed by atoms with Gasteiger partial charge < -0.3 is 9.64 Å². The van der Waals surface area contributed by atoms with Gasteiger partial charge in [0.25, 0.3) is 0 Å². The van der Waals surface area contributed by atoms with Crippen LogP contribution in [0.1, 0.15) is 24.0 Å². The molecule has 3 rings (SSSR count). The first-order valence-corrected chi connectivity index (χ1v) is 10.4. The van der Waals surface area contributed by atoms with Gasteiger partial charge in [0.05, 0.1) is 12.4 Å². The molecule has 2 aliphatic heterocycles. The molecule has 0 radical (unpaired) electrons. The molecule has 138 valence electrons. The van der Waals surface area contributed by atoms with Crippen molar-refractivity contribution in [1.82, 2.24) is 9.21 Å². The first-order chi connectivity index (χ1) is 12.0. The van der Waals surface area contributed by atoms with E-state index in [2.05, 4.69) is 12.1 Å². The van der Waals surface area contributed by atoms with E-state index < -0.39 is 10.0 Å². The van der Waals surface area contributed by atoms with Gasteiger partial charge in [-0.2, -0.15) is 0 Å². The lowest BCUT2D eigenvalue weighted by Gasteiger charge is -2.35. The Balaban J connectivity index is 1.56. The molecule has 0 aliphatic carbocycles. The molecule has 0 saturated carbocycles. The molecule has 0 N–H and O–H groups in total. The maximum Gasteiger partial charge on any atom is 0.226 e. The van der Waals surface area contributed by atoms with Crippen LogP contribution in [0.15, 0.2) is 24.3 Å². The summed E-state index contributed by atoms with van der Waals surface area (Å²) in [6.07, 6.45) is 2.10. The van der Waals surface area contributed by atoms with E-state index in [0.717, 1.165) is 13.0 Å². The van der Waals surface area contributed by atoms with Crippen molar-refractivity contribution in [3.05, 3.63) is 35.4 Å². The van der Waals surface area contributed by atoms with Crippen molar-refractivity contribution in [3.8, 4) is 0 Å². The lowest BCUT2D eigenvalue weighted by Crippen LogP contribution is -2.46. The fourth-order valence-corrected chi connectivity index (χ4v) is 5.04. The highest BCUT2D eigenvalue weighted by molar-refractivity contribution is 7.89. The number of benzene rings is 1. The van der Waals surface area contributed by atoms with Crippen LogP contribution in [-0.2, 0) is 32.5 Å². The number of nitrogens with zero attached hydrogens (tertiary/aromatic N) is 2. The van der Waals surface area contributed by atoms with Crippen molar-refractivity contribution in [3.63, 3.8) is 0 Å². The van der Waals surface area contributed by atoms with Crippen LogP contribution in [-0.4, -0.2) is 62.6 Å². The van der Waals surface area contributed by atoms with E-state index in [9.17, 15) is 13.2 Å². The van der Waals surface area contributed by atoms with Crippen LogP contribution in [0, 0.1) is 5.92 Å². The fraction of sp³-hybridized carbons (Fsp3) is 0.611. The zero-order chi connectivity index (χ0) is 17.9. The van der Waals surface area contributed by atoms with Gasteiger partial charge in [-0.1, -0.05) is 24.3 Å². The number of piperidine rings is 1. The Morgan fingerprint density at radius 2 is 1.84 bits per heavy atom. The van der Waals surface area contributed by atoms with E-state index in [1.807, 2.05) is 17.0 Å². The van der Waals surface area contributed by atoms with Crippen LogP contribution in [0.5, 0.6) is 0 Å². The zero-order valence-corrected chi connectivity index (χ0v) is 15.5. The highest BCUT2D eigenvalue weighted by atomic mass is 32.2. The van der Waals surface area contributed by atoms with Gasteiger partial charge in [0.2, 0.25) is 15.9 Å². The molecule has 2 heterocycles. The second-order valence-electron chi connectivity index (χ2n) is 6.76. The van der Waals surface area contributed by atoms with E-state index in [1.165, 1.54) is 22.5 Å². The lowest BCUT2D eigenvalue weighted by molar-refractivity contribution is -0.137. The van der Waals surface area contributed by atoms with E-state index in [1.54, 1.807) is 0 Å². The van der Waals surface area contributed by atoms with E-state index in [4.69, 9.17) is 4.74 Å². The maximum absolute atomic E-state index is 12.8. The molecule has 1 aromatic rings. The lowest BCUT2D eigenvalue weighted by atomic mass is 9.94. The summed E-state index contributed by atoms with van der Waals surface area (Å²) < 4.78 is 30.8. The van der Waals surface area contributed by atoms with Gasteiger partial charge in [-0.05, 0) is 30.4 Å². The quantitative estimate of drug-likeness (QED) is 0.787. The Labute approximate surface area is 149 Å². The minimum Gasteiger partial charge on any atom is -0.384 e. The van der Waals surface area contributed by atoms with Crippen LogP contribution < -0.4 is 0 Å². The molecule has 25 heavy (non-hydrogen) atoms. The molecule has 0 spiro atoms. The van der Waals surface area contributed by atoms with E-state index >= 15 is 0 Å². The molecule has 7 heteroatoms. The minimum absolute atomic E-state index is 0.00498. The summed E-state index contributed by atoms with van der Waals surface area (Å²) in [7, 11) is -1.78. The number of rotatable bonds is 5. The average molecular weight is 366 g/mol. The van der Waals surface area contributed by atoms with E-state index in [-0.39, 0.29) is 24.2 Å². The summed E-state index contributed by atoms with van der Waals surface area (Å²) in [4.78, 5) is 14.8. The number of amides is 1. The van der Waals surface area contributed by atoms with Gasteiger partial charge in [-0.25, -0.2) is 12.7 Å². The van der Waals surface area contributed by atoms with Gasteiger partial charge in [-0.15, -0.1) is 0 Å². The molecule has 1 aromatic carbocycles. The number of methoxy groups -OCH3 is 1. The van der Waals surface area contributed by atoms with E-state index in [0.29, 0.717) is 32.5 Å². The Hall–Kier alpha value is -1.44. The maximum atomic E-state index is 12.8. The largest absolute Gasteiger partial charge is 0.384 e. The van der Waals surface area contributed by atoms with Crippen LogP contribution in [0.25, 0.3) is 0 Å². The highest BCUT2D eigenvalue weighted by Gasteiger charge is 2.33. The van der Waals surface area contributed by atoms with Crippen molar-refractivity contribution in [2.45, 2.75) is 25.8 Å². The molecule has 2 aliphatic rings. The molecular weight excluding hydrogens is 340 g/mol. The first kappa shape index (κ1) is 18.4. The SMILES string of the molecule is COCCS(=O)(=O)N1CCC(C(=O)N2CCc3ccccc3C2)CC1. The fourth-order valence-electron chi connectivity index (χ4n) is 3.64. The standard InChI is InChI=1S/C18H26N2O4S/c1-24-12-13-25(22,23)20-10-7-16(8-11-20)18(21)19-9-6-15-4-2-3-5-17(15)14-19/h2-5,16H,6-14H2,1H3. The van der Waals surface area contributed by atoms with Gasteiger partial charge in [0, 0.05) is 39.2 Å². The Morgan fingerprint density at radius 1 is 1.16 bits per heavy atom. The second-order valence-corrected chi connectivity index (χ2v) is 8.85. The smallest absolute Gasteiger partial charge is 0.226 e. The van der Waals surface area contributed by atoms with Crippen molar-refractivity contribution >= 4 is 15.9 Å². The number of sulfonamides is 1. The highest BCUT2D eigenvalue weighted by Crippen LogP contribution is 2.25. The van der Waals surface area contributed by atoms with Crippen molar-refractivity contribution in [2.24, 2.45) is 5.92 Å². The number of hydrogen-bond acceptors (Lipinski definition) is 4. The molecule has 1 amide bonds. The molecule has 0 aromatic heterocycles. The molecule has 1 saturated heterocycles. The summed E-state index contributed by atoms with van der Waals surface area (Å²) in [6.45, 7) is 2.47. The number of hydrogen-bond donors (Lipinski definition) is 0. The third-order valence-corrected chi connectivity index (χ3v) is 7.02.